The molecule has 0 bridgehead atoms. The number of thioether (sulfide) groups is 1. The zero-order chi connectivity index (χ0) is 10.8. The summed E-state index contributed by atoms with van der Waals surface area (Å²) in [6.45, 7) is 3.10. The molecule has 2 rings (SSSR count). The lowest BCUT2D eigenvalue weighted by atomic mass is 10.3. The van der Waals surface area contributed by atoms with E-state index >= 15 is 0 Å². The topological polar surface area (TPSA) is 53.4 Å². The van der Waals surface area contributed by atoms with Crippen LogP contribution in [0.5, 0.6) is 0 Å². The Bertz CT molecular complexity index is 367. The van der Waals surface area contributed by atoms with Crippen molar-refractivity contribution in [3.05, 3.63) is 11.1 Å². The van der Waals surface area contributed by atoms with E-state index in [4.69, 9.17) is 5.11 Å². The number of aromatic nitrogens is 1. The molecule has 1 unspecified atom stereocenters. The number of carboxylic acid groups (broad SMARTS) is 1. The van der Waals surface area contributed by atoms with Gasteiger partial charge in [-0.25, -0.2) is 9.78 Å². The van der Waals surface area contributed by atoms with E-state index in [0.29, 0.717) is 10.9 Å². The van der Waals surface area contributed by atoms with Gasteiger partial charge in [0.1, 0.15) is 4.88 Å². The van der Waals surface area contributed by atoms with E-state index in [2.05, 4.69) is 16.8 Å². The third-order valence-corrected chi connectivity index (χ3v) is 4.53. The lowest BCUT2D eigenvalue weighted by Gasteiger charge is -2.32. The SMILES string of the molecule is CC1CSCCN1c1ncc(C(=O)O)s1. The third kappa shape index (κ3) is 2.26. The lowest BCUT2D eigenvalue weighted by Crippen LogP contribution is -2.40. The molecule has 1 aliphatic rings. The van der Waals surface area contributed by atoms with Gasteiger partial charge in [0.15, 0.2) is 5.13 Å². The van der Waals surface area contributed by atoms with Gasteiger partial charge in [0.25, 0.3) is 0 Å². The molecule has 82 valence electrons. The van der Waals surface area contributed by atoms with Crippen molar-refractivity contribution in [3.8, 4) is 0 Å². The van der Waals surface area contributed by atoms with Gasteiger partial charge >= 0.3 is 5.97 Å². The molecule has 4 nitrogen and oxygen atoms in total. The van der Waals surface area contributed by atoms with Crippen LogP contribution in [-0.4, -0.2) is 40.2 Å². The van der Waals surface area contributed by atoms with Crippen molar-refractivity contribution in [1.82, 2.24) is 4.98 Å². The second kappa shape index (κ2) is 4.40. The molecule has 0 amide bonds. The summed E-state index contributed by atoms with van der Waals surface area (Å²) in [5.74, 6) is 1.28. The second-order valence-electron chi connectivity index (χ2n) is 3.43. The Kier molecular flexibility index (Phi) is 3.16. The van der Waals surface area contributed by atoms with E-state index in [9.17, 15) is 4.79 Å². The number of carbonyl (C=O) groups is 1. The van der Waals surface area contributed by atoms with Crippen LogP contribution in [0.3, 0.4) is 0 Å². The van der Waals surface area contributed by atoms with Gasteiger partial charge in [-0.05, 0) is 6.92 Å². The molecule has 0 aromatic carbocycles. The Hall–Kier alpha value is -0.750. The summed E-state index contributed by atoms with van der Waals surface area (Å²) in [7, 11) is 0. The van der Waals surface area contributed by atoms with E-state index in [0.717, 1.165) is 23.2 Å². The van der Waals surface area contributed by atoms with Crippen molar-refractivity contribution < 1.29 is 9.90 Å². The summed E-state index contributed by atoms with van der Waals surface area (Å²) in [4.78, 5) is 17.4. The van der Waals surface area contributed by atoms with Crippen LogP contribution in [0.15, 0.2) is 6.20 Å². The van der Waals surface area contributed by atoms with Gasteiger partial charge < -0.3 is 10.0 Å². The molecule has 15 heavy (non-hydrogen) atoms. The normalized spacial score (nSPS) is 21.7. The molecule has 1 aromatic rings. The molecule has 1 fully saturated rings. The second-order valence-corrected chi connectivity index (χ2v) is 5.59. The van der Waals surface area contributed by atoms with Crippen LogP contribution in [0.25, 0.3) is 0 Å². The fraction of sp³-hybridized carbons (Fsp3) is 0.556. The highest BCUT2D eigenvalue weighted by Gasteiger charge is 2.22. The first-order chi connectivity index (χ1) is 7.18. The van der Waals surface area contributed by atoms with Crippen LogP contribution >= 0.6 is 23.1 Å². The summed E-state index contributed by atoms with van der Waals surface area (Å²) < 4.78 is 0. The Balaban J connectivity index is 2.17. The number of rotatable bonds is 2. The van der Waals surface area contributed by atoms with Gasteiger partial charge in [-0.3, -0.25) is 0 Å². The zero-order valence-electron chi connectivity index (χ0n) is 8.34. The van der Waals surface area contributed by atoms with Crippen LogP contribution in [0.2, 0.25) is 0 Å². The van der Waals surface area contributed by atoms with Gasteiger partial charge in [0, 0.05) is 24.1 Å². The summed E-state index contributed by atoms with van der Waals surface area (Å²) in [5, 5.41) is 9.64. The maximum Gasteiger partial charge on any atom is 0.347 e. The van der Waals surface area contributed by atoms with E-state index < -0.39 is 5.97 Å². The molecule has 2 heterocycles. The quantitative estimate of drug-likeness (QED) is 0.859. The lowest BCUT2D eigenvalue weighted by molar-refractivity contribution is 0.0702. The first kappa shape index (κ1) is 10.8. The summed E-state index contributed by atoms with van der Waals surface area (Å²) in [6.07, 6.45) is 1.44. The molecule has 1 atom stereocenters. The van der Waals surface area contributed by atoms with Crippen molar-refractivity contribution in [2.24, 2.45) is 0 Å². The number of hydrogen-bond donors (Lipinski definition) is 1. The largest absolute Gasteiger partial charge is 0.477 e. The molecular weight excluding hydrogens is 232 g/mol. The van der Waals surface area contributed by atoms with E-state index in [1.54, 1.807) is 0 Å². The molecule has 1 aromatic heterocycles. The Morgan fingerprint density at radius 1 is 1.73 bits per heavy atom. The van der Waals surface area contributed by atoms with E-state index in [-0.39, 0.29) is 0 Å². The molecule has 0 spiro atoms. The Morgan fingerprint density at radius 3 is 3.13 bits per heavy atom. The van der Waals surface area contributed by atoms with Gasteiger partial charge in [-0.1, -0.05) is 11.3 Å². The van der Waals surface area contributed by atoms with Crippen molar-refractivity contribution >= 4 is 34.2 Å². The van der Waals surface area contributed by atoms with Gasteiger partial charge in [0.05, 0.1) is 6.20 Å². The van der Waals surface area contributed by atoms with Crippen molar-refractivity contribution in [1.29, 1.82) is 0 Å². The highest BCUT2D eigenvalue weighted by atomic mass is 32.2. The average molecular weight is 244 g/mol. The molecule has 6 heteroatoms. The monoisotopic (exact) mass is 244 g/mol. The summed E-state index contributed by atoms with van der Waals surface area (Å²) >= 11 is 3.19. The van der Waals surface area contributed by atoms with Crippen molar-refractivity contribution in [3.63, 3.8) is 0 Å². The number of aromatic carboxylic acids is 1. The first-order valence-electron chi connectivity index (χ1n) is 4.72. The number of thiazole rings is 1. The van der Waals surface area contributed by atoms with Gasteiger partial charge in [-0.2, -0.15) is 11.8 Å². The standard InChI is InChI=1S/C9H12N2O2S2/c1-6-5-14-3-2-11(6)9-10-4-7(15-9)8(12)13/h4,6H,2-3,5H2,1H3,(H,12,13). The molecule has 0 radical (unpaired) electrons. The van der Waals surface area contributed by atoms with Crippen LogP contribution in [0.4, 0.5) is 5.13 Å². The van der Waals surface area contributed by atoms with Gasteiger partial charge in [0.2, 0.25) is 0 Å². The van der Waals surface area contributed by atoms with E-state index in [1.165, 1.54) is 17.5 Å². The van der Waals surface area contributed by atoms with Crippen LogP contribution in [0.1, 0.15) is 16.6 Å². The minimum atomic E-state index is -0.891. The predicted molar refractivity (Wildman–Crippen MR) is 63.2 cm³/mol. The van der Waals surface area contributed by atoms with Crippen LogP contribution in [0, 0.1) is 0 Å². The summed E-state index contributed by atoms with van der Waals surface area (Å²) in [5.41, 5.74) is 0. The number of anilines is 1. The fourth-order valence-corrected chi connectivity index (χ4v) is 3.40. The van der Waals surface area contributed by atoms with Gasteiger partial charge in [-0.15, -0.1) is 0 Å². The van der Waals surface area contributed by atoms with Crippen molar-refractivity contribution in [2.45, 2.75) is 13.0 Å². The average Bonchev–Trinajstić information content (AvgIpc) is 2.67. The minimum absolute atomic E-state index is 0.315. The Morgan fingerprint density at radius 2 is 2.53 bits per heavy atom. The van der Waals surface area contributed by atoms with Crippen LogP contribution < -0.4 is 4.90 Å². The maximum atomic E-state index is 10.7. The highest BCUT2D eigenvalue weighted by molar-refractivity contribution is 7.99. The van der Waals surface area contributed by atoms with Crippen molar-refractivity contribution in [2.75, 3.05) is 23.0 Å². The van der Waals surface area contributed by atoms with Crippen LogP contribution in [-0.2, 0) is 0 Å². The maximum absolute atomic E-state index is 10.7. The zero-order valence-corrected chi connectivity index (χ0v) is 9.98. The molecular formula is C9H12N2O2S2. The highest BCUT2D eigenvalue weighted by Crippen LogP contribution is 2.27. The number of hydrogen-bond acceptors (Lipinski definition) is 5. The summed E-state index contributed by atoms with van der Waals surface area (Å²) in [6, 6.07) is 0.441. The molecule has 0 saturated carbocycles. The fourth-order valence-electron chi connectivity index (χ4n) is 1.51. The third-order valence-electron chi connectivity index (χ3n) is 2.32. The smallest absolute Gasteiger partial charge is 0.347 e. The molecule has 1 aliphatic heterocycles. The minimum Gasteiger partial charge on any atom is -0.477 e. The molecule has 1 N–H and O–H groups in total. The number of nitrogens with zero attached hydrogens (tertiary/aromatic N) is 2. The Labute approximate surface area is 96.3 Å². The van der Waals surface area contributed by atoms with E-state index in [1.807, 2.05) is 11.8 Å². The predicted octanol–water partition coefficient (Wildman–Crippen LogP) is 1.78. The first-order valence-corrected chi connectivity index (χ1v) is 6.69. The molecule has 1 saturated heterocycles. The number of carboxylic acids is 1. The molecule has 0 aliphatic carbocycles.